The Morgan fingerprint density at radius 1 is 1.28 bits per heavy atom. The normalized spacial score (nSPS) is 18.0. The lowest BCUT2D eigenvalue weighted by molar-refractivity contribution is -0.134. The summed E-state index contributed by atoms with van der Waals surface area (Å²) in [6.07, 6.45) is 4.95. The molecule has 1 rings (SSSR count). The molecule has 1 aliphatic heterocycles. The van der Waals surface area contributed by atoms with E-state index in [-0.39, 0.29) is 29.9 Å². The van der Waals surface area contributed by atoms with E-state index < -0.39 is 0 Å². The number of nitrogens with one attached hydrogen (secondary N) is 2. The first-order valence-electron chi connectivity index (χ1n) is 9.36. The van der Waals surface area contributed by atoms with Crippen molar-refractivity contribution in [1.29, 1.82) is 0 Å². The average molecular weight is 468 g/mol. The van der Waals surface area contributed by atoms with Crippen LogP contribution in [0.2, 0.25) is 0 Å². The highest BCUT2D eigenvalue weighted by Crippen LogP contribution is 2.16. The molecule has 0 saturated carbocycles. The molecule has 0 aliphatic carbocycles. The van der Waals surface area contributed by atoms with Gasteiger partial charge in [-0.05, 0) is 38.5 Å². The summed E-state index contributed by atoms with van der Waals surface area (Å²) in [4.78, 5) is 18.5. The summed E-state index contributed by atoms with van der Waals surface area (Å²) in [6, 6.07) is 0.384. The number of rotatable bonds is 9. The Hall–Kier alpha value is -0.570. The van der Waals surface area contributed by atoms with Gasteiger partial charge in [-0.1, -0.05) is 13.8 Å². The van der Waals surface area contributed by atoms with E-state index in [9.17, 15) is 4.79 Å². The van der Waals surface area contributed by atoms with Crippen LogP contribution in [0.1, 0.15) is 52.9 Å². The first-order valence-corrected chi connectivity index (χ1v) is 9.36. The van der Waals surface area contributed by atoms with Crippen molar-refractivity contribution in [3.05, 3.63) is 0 Å². The number of ether oxygens (including phenoxy) is 1. The average Bonchev–Trinajstić information content (AvgIpc) is 2.56. The van der Waals surface area contributed by atoms with Crippen LogP contribution in [-0.4, -0.2) is 62.7 Å². The monoisotopic (exact) mass is 468 g/mol. The Balaban J connectivity index is 0.00000576. The minimum Gasteiger partial charge on any atom is -0.381 e. The molecule has 1 heterocycles. The standard InChI is InChI=1S/C18H36N4O2.HI/c1-15(2)14-24-13-7-10-20-18(19-4)21-11-9-17(23)22-12-6-5-8-16(22)3;/h15-16H,5-14H2,1-4H3,(H2,19,20,21);1H. The maximum absolute atomic E-state index is 12.3. The number of carbonyl (C=O) groups excluding carboxylic acids is 1. The van der Waals surface area contributed by atoms with Crippen LogP contribution in [0, 0.1) is 5.92 Å². The van der Waals surface area contributed by atoms with Crippen LogP contribution in [0.3, 0.4) is 0 Å². The fourth-order valence-corrected chi connectivity index (χ4v) is 2.82. The third kappa shape index (κ3) is 10.9. The molecule has 0 spiro atoms. The summed E-state index contributed by atoms with van der Waals surface area (Å²) < 4.78 is 5.55. The Morgan fingerprint density at radius 3 is 2.64 bits per heavy atom. The van der Waals surface area contributed by atoms with Gasteiger partial charge < -0.3 is 20.3 Å². The number of aliphatic imine (C=N–C) groups is 1. The summed E-state index contributed by atoms with van der Waals surface area (Å²) in [5.41, 5.74) is 0. The molecule has 0 bridgehead atoms. The Labute approximate surface area is 170 Å². The molecule has 1 atom stereocenters. The second kappa shape index (κ2) is 14.6. The van der Waals surface area contributed by atoms with Crippen molar-refractivity contribution in [1.82, 2.24) is 15.5 Å². The number of guanidine groups is 1. The van der Waals surface area contributed by atoms with Crippen LogP contribution in [0.15, 0.2) is 4.99 Å². The summed E-state index contributed by atoms with van der Waals surface area (Å²) in [5.74, 6) is 1.57. The molecule has 0 radical (unpaired) electrons. The van der Waals surface area contributed by atoms with Gasteiger partial charge >= 0.3 is 0 Å². The van der Waals surface area contributed by atoms with Crippen molar-refractivity contribution in [2.75, 3.05) is 39.9 Å². The highest BCUT2D eigenvalue weighted by molar-refractivity contribution is 14.0. The topological polar surface area (TPSA) is 66.0 Å². The van der Waals surface area contributed by atoms with Crippen LogP contribution >= 0.6 is 24.0 Å². The first-order chi connectivity index (χ1) is 11.5. The minimum absolute atomic E-state index is 0. The molecule has 1 amide bonds. The third-order valence-corrected chi connectivity index (χ3v) is 4.19. The van der Waals surface area contributed by atoms with E-state index in [1.807, 2.05) is 4.90 Å². The van der Waals surface area contributed by atoms with Gasteiger partial charge in [0, 0.05) is 52.4 Å². The fourth-order valence-electron chi connectivity index (χ4n) is 2.82. The number of piperidine rings is 1. The zero-order valence-corrected chi connectivity index (χ0v) is 18.7. The van der Waals surface area contributed by atoms with Gasteiger partial charge in [0.05, 0.1) is 0 Å². The maximum Gasteiger partial charge on any atom is 0.224 e. The van der Waals surface area contributed by atoms with E-state index in [2.05, 4.69) is 36.4 Å². The number of hydrogen-bond acceptors (Lipinski definition) is 3. The van der Waals surface area contributed by atoms with Gasteiger partial charge in [-0.15, -0.1) is 24.0 Å². The van der Waals surface area contributed by atoms with Crippen molar-refractivity contribution in [3.8, 4) is 0 Å². The minimum atomic E-state index is 0. The summed E-state index contributed by atoms with van der Waals surface area (Å²) in [5, 5.41) is 6.47. The zero-order chi connectivity index (χ0) is 17.8. The van der Waals surface area contributed by atoms with Gasteiger partial charge in [-0.2, -0.15) is 0 Å². The van der Waals surface area contributed by atoms with Gasteiger partial charge in [-0.3, -0.25) is 9.79 Å². The van der Waals surface area contributed by atoms with E-state index in [1.165, 1.54) is 6.42 Å². The predicted molar refractivity (Wildman–Crippen MR) is 115 cm³/mol. The van der Waals surface area contributed by atoms with E-state index in [4.69, 9.17) is 4.74 Å². The van der Waals surface area contributed by atoms with Crippen LogP contribution in [0.5, 0.6) is 0 Å². The molecule has 0 aromatic rings. The lowest BCUT2D eigenvalue weighted by atomic mass is 10.0. The molecule has 1 aliphatic rings. The molecule has 25 heavy (non-hydrogen) atoms. The molecule has 1 unspecified atom stereocenters. The molecule has 1 saturated heterocycles. The number of likely N-dealkylation sites (tertiary alicyclic amines) is 1. The Morgan fingerprint density at radius 2 is 2.00 bits per heavy atom. The number of halogens is 1. The van der Waals surface area contributed by atoms with Crippen LogP contribution in [0.4, 0.5) is 0 Å². The van der Waals surface area contributed by atoms with E-state index in [0.29, 0.717) is 24.9 Å². The predicted octanol–water partition coefficient (Wildman–Crippen LogP) is 2.62. The number of carbonyl (C=O) groups is 1. The Bertz CT molecular complexity index is 391. The van der Waals surface area contributed by atoms with Crippen molar-refractivity contribution >= 4 is 35.8 Å². The molecular weight excluding hydrogens is 431 g/mol. The van der Waals surface area contributed by atoms with Gasteiger partial charge in [0.25, 0.3) is 0 Å². The van der Waals surface area contributed by atoms with Gasteiger partial charge in [0.15, 0.2) is 5.96 Å². The molecular formula is C18H37IN4O2. The highest BCUT2D eigenvalue weighted by atomic mass is 127. The lowest BCUT2D eigenvalue weighted by Gasteiger charge is -2.33. The van der Waals surface area contributed by atoms with Crippen molar-refractivity contribution in [2.24, 2.45) is 10.9 Å². The smallest absolute Gasteiger partial charge is 0.224 e. The summed E-state index contributed by atoms with van der Waals surface area (Å²) in [7, 11) is 1.75. The molecule has 1 fully saturated rings. The second-order valence-corrected chi connectivity index (χ2v) is 6.93. The summed E-state index contributed by atoms with van der Waals surface area (Å²) >= 11 is 0. The van der Waals surface area contributed by atoms with Crippen LogP contribution in [-0.2, 0) is 9.53 Å². The first kappa shape index (κ1) is 24.4. The van der Waals surface area contributed by atoms with Crippen molar-refractivity contribution in [3.63, 3.8) is 0 Å². The molecule has 2 N–H and O–H groups in total. The molecule has 7 heteroatoms. The zero-order valence-electron chi connectivity index (χ0n) is 16.3. The van der Waals surface area contributed by atoms with Crippen LogP contribution < -0.4 is 10.6 Å². The van der Waals surface area contributed by atoms with E-state index >= 15 is 0 Å². The Kier molecular flexibility index (Phi) is 14.3. The number of nitrogens with zero attached hydrogens (tertiary/aromatic N) is 2. The molecule has 0 aromatic heterocycles. The quantitative estimate of drug-likeness (QED) is 0.236. The molecule has 0 aromatic carbocycles. The van der Waals surface area contributed by atoms with Crippen molar-refractivity contribution in [2.45, 2.75) is 58.9 Å². The molecule has 148 valence electrons. The van der Waals surface area contributed by atoms with Gasteiger partial charge in [0.1, 0.15) is 0 Å². The van der Waals surface area contributed by atoms with E-state index in [0.717, 1.165) is 51.5 Å². The lowest BCUT2D eigenvalue weighted by Crippen LogP contribution is -2.44. The van der Waals surface area contributed by atoms with Crippen LogP contribution in [0.25, 0.3) is 0 Å². The summed E-state index contributed by atoms with van der Waals surface area (Å²) in [6.45, 7) is 10.3. The van der Waals surface area contributed by atoms with E-state index in [1.54, 1.807) is 7.05 Å². The fraction of sp³-hybridized carbons (Fsp3) is 0.889. The SMILES string of the molecule is CN=C(NCCCOCC(C)C)NCCC(=O)N1CCCCC1C.I. The maximum atomic E-state index is 12.3. The second-order valence-electron chi connectivity index (χ2n) is 6.93. The van der Waals surface area contributed by atoms with Crippen molar-refractivity contribution < 1.29 is 9.53 Å². The van der Waals surface area contributed by atoms with Gasteiger partial charge in [-0.25, -0.2) is 0 Å². The highest BCUT2D eigenvalue weighted by Gasteiger charge is 2.22. The number of amides is 1. The third-order valence-electron chi connectivity index (χ3n) is 4.19. The number of hydrogen-bond donors (Lipinski definition) is 2. The van der Waals surface area contributed by atoms with Gasteiger partial charge in [0.2, 0.25) is 5.91 Å². The molecule has 6 nitrogen and oxygen atoms in total. The largest absolute Gasteiger partial charge is 0.381 e.